The molecule has 134 valence electrons. The van der Waals surface area contributed by atoms with Crippen LogP contribution in [0.3, 0.4) is 0 Å². The normalized spacial score (nSPS) is 15.3. The number of rotatable bonds is 4. The van der Waals surface area contributed by atoms with Crippen LogP contribution >= 0.6 is 0 Å². The average molecular weight is 354 g/mol. The topological polar surface area (TPSA) is 84.8 Å². The van der Waals surface area contributed by atoms with Gasteiger partial charge in [0.1, 0.15) is 11.6 Å². The van der Waals surface area contributed by atoms with E-state index in [2.05, 4.69) is 9.68 Å². The molecule has 0 radical (unpaired) electrons. The van der Waals surface area contributed by atoms with Gasteiger partial charge in [0, 0.05) is 11.2 Å². The Kier molecular flexibility index (Phi) is 6.54. The molecule has 1 N–H and O–H groups in total. The van der Waals surface area contributed by atoms with Crippen molar-refractivity contribution >= 4 is 21.7 Å². The van der Waals surface area contributed by atoms with E-state index in [0.29, 0.717) is 4.90 Å². The number of nitrogens with one attached hydrogen (secondary N) is 1. The van der Waals surface area contributed by atoms with Crippen LogP contribution in [0, 0.1) is 5.92 Å². The molecule has 0 aromatic heterocycles. The van der Waals surface area contributed by atoms with Gasteiger partial charge in [0.25, 0.3) is 5.91 Å². The standard InChI is InChI=1S/C17H26N2O4S/c1-12(2)14(18-16(21)23-17(3,4)5)15(20)19-24(6,22)13-10-8-7-9-11-13/h7-12,14H,1-6H3,(H,18,21)/t14-,24?/m0/s1. The summed E-state index contributed by atoms with van der Waals surface area (Å²) in [6.45, 7) is 8.75. The van der Waals surface area contributed by atoms with E-state index in [-0.39, 0.29) is 5.92 Å². The Bertz CT molecular complexity index is 699. The Balaban J connectivity index is 3.01. The molecule has 0 saturated carbocycles. The summed E-state index contributed by atoms with van der Waals surface area (Å²) < 4.78 is 21.7. The van der Waals surface area contributed by atoms with Crippen LogP contribution in [0.25, 0.3) is 0 Å². The fraction of sp³-hybridized carbons (Fsp3) is 0.529. The molecule has 7 heteroatoms. The minimum absolute atomic E-state index is 0.222. The summed E-state index contributed by atoms with van der Waals surface area (Å²) in [4.78, 5) is 24.8. The summed E-state index contributed by atoms with van der Waals surface area (Å²) >= 11 is 0. The van der Waals surface area contributed by atoms with Gasteiger partial charge in [-0.3, -0.25) is 4.79 Å². The van der Waals surface area contributed by atoms with Crippen molar-refractivity contribution in [2.45, 2.75) is 51.2 Å². The summed E-state index contributed by atoms with van der Waals surface area (Å²) in [7, 11) is -2.88. The molecule has 6 nitrogen and oxygen atoms in total. The third-order valence-electron chi connectivity index (χ3n) is 3.05. The van der Waals surface area contributed by atoms with Crippen molar-refractivity contribution in [2.75, 3.05) is 6.26 Å². The Morgan fingerprint density at radius 2 is 1.71 bits per heavy atom. The Morgan fingerprint density at radius 3 is 2.17 bits per heavy atom. The summed E-state index contributed by atoms with van der Waals surface area (Å²) in [6.07, 6.45) is 0.706. The molecule has 0 fully saturated rings. The number of nitrogens with zero attached hydrogens (tertiary/aromatic N) is 1. The third kappa shape index (κ3) is 6.31. The lowest BCUT2D eigenvalue weighted by Gasteiger charge is -2.24. The maximum atomic E-state index is 12.7. The molecular weight excluding hydrogens is 328 g/mol. The summed E-state index contributed by atoms with van der Waals surface area (Å²) in [5.41, 5.74) is -0.672. The van der Waals surface area contributed by atoms with Crippen LogP contribution in [0.1, 0.15) is 34.6 Å². The van der Waals surface area contributed by atoms with Crippen molar-refractivity contribution in [3.63, 3.8) is 0 Å². The quantitative estimate of drug-likeness (QED) is 0.899. The summed E-state index contributed by atoms with van der Waals surface area (Å²) in [6, 6.07) is 7.68. The van der Waals surface area contributed by atoms with Crippen LogP contribution in [0.2, 0.25) is 0 Å². The van der Waals surface area contributed by atoms with E-state index in [1.807, 2.05) is 0 Å². The summed E-state index contributed by atoms with van der Waals surface area (Å²) in [5.74, 6) is -0.855. The number of carbonyl (C=O) groups excluding carboxylic acids is 2. The molecule has 1 aromatic carbocycles. The highest BCUT2D eigenvalue weighted by molar-refractivity contribution is 7.93. The first-order valence-electron chi connectivity index (χ1n) is 7.73. The van der Waals surface area contributed by atoms with E-state index in [0.717, 1.165) is 0 Å². The third-order valence-corrected chi connectivity index (χ3v) is 4.72. The molecule has 0 spiro atoms. The van der Waals surface area contributed by atoms with Crippen LogP contribution in [0.4, 0.5) is 4.79 Å². The molecule has 1 aromatic rings. The molecule has 1 rings (SSSR count). The number of carbonyl (C=O) groups is 2. The largest absolute Gasteiger partial charge is 0.444 e. The highest BCUT2D eigenvalue weighted by Crippen LogP contribution is 2.14. The monoisotopic (exact) mass is 354 g/mol. The molecule has 0 bridgehead atoms. The lowest BCUT2D eigenvalue weighted by atomic mass is 10.0. The van der Waals surface area contributed by atoms with Crippen molar-refractivity contribution in [1.29, 1.82) is 0 Å². The lowest BCUT2D eigenvalue weighted by Crippen LogP contribution is -2.46. The van der Waals surface area contributed by atoms with Gasteiger partial charge in [-0.25, -0.2) is 9.00 Å². The highest BCUT2D eigenvalue weighted by atomic mass is 32.2. The van der Waals surface area contributed by atoms with Crippen LogP contribution < -0.4 is 5.32 Å². The van der Waals surface area contributed by atoms with Crippen LogP contribution in [-0.4, -0.2) is 34.1 Å². The Morgan fingerprint density at radius 1 is 1.17 bits per heavy atom. The molecule has 2 amide bonds. The van der Waals surface area contributed by atoms with E-state index in [9.17, 15) is 13.8 Å². The molecular formula is C17H26N2O4S. The number of benzene rings is 1. The van der Waals surface area contributed by atoms with Crippen LogP contribution in [0.5, 0.6) is 0 Å². The predicted molar refractivity (Wildman–Crippen MR) is 94.2 cm³/mol. The van der Waals surface area contributed by atoms with Crippen molar-refractivity contribution in [2.24, 2.45) is 10.3 Å². The minimum Gasteiger partial charge on any atom is -0.444 e. The number of ether oxygens (including phenoxy) is 1. The van der Waals surface area contributed by atoms with Crippen LogP contribution in [-0.2, 0) is 19.3 Å². The number of hydrogen-bond donors (Lipinski definition) is 1. The van der Waals surface area contributed by atoms with Crippen molar-refractivity contribution in [3.8, 4) is 0 Å². The van der Waals surface area contributed by atoms with Gasteiger partial charge in [0.05, 0.1) is 9.73 Å². The number of amides is 2. The van der Waals surface area contributed by atoms with E-state index < -0.39 is 33.4 Å². The average Bonchev–Trinajstić information content (AvgIpc) is 2.43. The molecule has 0 aliphatic heterocycles. The van der Waals surface area contributed by atoms with Crippen LogP contribution in [0.15, 0.2) is 39.6 Å². The van der Waals surface area contributed by atoms with Gasteiger partial charge in [0.2, 0.25) is 0 Å². The molecule has 24 heavy (non-hydrogen) atoms. The molecule has 2 atom stereocenters. The maximum absolute atomic E-state index is 12.7. The van der Waals surface area contributed by atoms with Crippen molar-refractivity contribution < 1.29 is 18.5 Å². The highest BCUT2D eigenvalue weighted by Gasteiger charge is 2.27. The van der Waals surface area contributed by atoms with E-state index >= 15 is 0 Å². The first-order chi connectivity index (χ1) is 10.9. The number of alkyl carbamates (subject to hydrolysis) is 1. The van der Waals surface area contributed by atoms with Gasteiger partial charge < -0.3 is 10.1 Å². The van der Waals surface area contributed by atoms with E-state index in [1.165, 1.54) is 6.26 Å². The van der Waals surface area contributed by atoms with Gasteiger partial charge >= 0.3 is 6.09 Å². The maximum Gasteiger partial charge on any atom is 0.408 e. The molecule has 0 aliphatic rings. The van der Waals surface area contributed by atoms with E-state index in [4.69, 9.17) is 4.74 Å². The Labute approximate surface area is 144 Å². The predicted octanol–water partition coefficient (Wildman–Crippen LogP) is 3.22. The summed E-state index contributed by atoms with van der Waals surface area (Å²) in [5, 5.41) is 2.52. The first kappa shape index (κ1) is 20.2. The van der Waals surface area contributed by atoms with Gasteiger partial charge in [-0.15, -0.1) is 0 Å². The second kappa shape index (κ2) is 7.79. The lowest BCUT2D eigenvalue weighted by molar-refractivity contribution is -0.120. The zero-order valence-electron chi connectivity index (χ0n) is 15.0. The second-order valence-electron chi connectivity index (χ2n) is 6.91. The first-order valence-corrected chi connectivity index (χ1v) is 9.65. The zero-order valence-corrected chi connectivity index (χ0v) is 15.8. The molecule has 0 aliphatic carbocycles. The Hall–Kier alpha value is -1.89. The molecule has 1 unspecified atom stereocenters. The SMILES string of the molecule is CC(C)[C@H](NC(=O)OC(C)(C)C)C(=O)N=S(C)(=O)c1ccccc1. The van der Waals surface area contributed by atoms with Gasteiger partial charge in [0.15, 0.2) is 0 Å². The smallest absolute Gasteiger partial charge is 0.408 e. The number of hydrogen-bond acceptors (Lipinski definition) is 4. The van der Waals surface area contributed by atoms with Gasteiger partial charge in [-0.05, 0) is 38.8 Å². The fourth-order valence-corrected chi connectivity index (χ4v) is 3.13. The minimum atomic E-state index is -2.88. The van der Waals surface area contributed by atoms with E-state index in [1.54, 1.807) is 65.0 Å². The molecule has 0 heterocycles. The van der Waals surface area contributed by atoms with Crippen molar-refractivity contribution in [1.82, 2.24) is 5.32 Å². The van der Waals surface area contributed by atoms with Gasteiger partial charge in [-0.2, -0.15) is 4.36 Å². The van der Waals surface area contributed by atoms with Gasteiger partial charge in [-0.1, -0.05) is 32.0 Å². The second-order valence-corrected chi connectivity index (χ2v) is 9.17. The zero-order chi connectivity index (χ0) is 18.5. The fourth-order valence-electron chi connectivity index (χ4n) is 1.90. The molecule has 0 saturated heterocycles. The van der Waals surface area contributed by atoms with Crippen molar-refractivity contribution in [3.05, 3.63) is 30.3 Å².